The molecular formula is C17H22Cl2N2O2. The maximum atomic E-state index is 12.4. The van der Waals surface area contributed by atoms with Gasteiger partial charge in [0, 0.05) is 30.2 Å². The molecular weight excluding hydrogens is 335 g/mol. The van der Waals surface area contributed by atoms with Gasteiger partial charge in [-0.1, -0.05) is 23.2 Å². The number of piperidine rings is 1. The predicted octanol–water partition coefficient (Wildman–Crippen LogP) is 3.50. The van der Waals surface area contributed by atoms with Crippen molar-refractivity contribution in [1.29, 1.82) is 0 Å². The molecule has 0 aromatic heterocycles. The van der Waals surface area contributed by atoms with Crippen LogP contribution in [0.3, 0.4) is 0 Å². The molecule has 2 aliphatic heterocycles. The smallest absolute Gasteiger partial charge is 0.225 e. The first-order chi connectivity index (χ1) is 11.0. The largest absolute Gasteiger partial charge is 0.491 e. The van der Waals surface area contributed by atoms with E-state index in [1.165, 1.54) is 12.8 Å². The fourth-order valence-corrected chi connectivity index (χ4v) is 4.03. The van der Waals surface area contributed by atoms with Gasteiger partial charge in [0.15, 0.2) is 0 Å². The average Bonchev–Trinajstić information content (AvgIpc) is 2.86. The van der Waals surface area contributed by atoms with Crippen molar-refractivity contribution in [2.75, 3.05) is 13.7 Å². The second-order valence-electron chi connectivity index (χ2n) is 6.44. The number of hydrogen-bond donors (Lipinski definition) is 1. The van der Waals surface area contributed by atoms with Crippen molar-refractivity contribution in [2.24, 2.45) is 0 Å². The summed E-state index contributed by atoms with van der Waals surface area (Å²) < 4.78 is 5.60. The molecule has 6 heteroatoms. The predicted molar refractivity (Wildman–Crippen MR) is 92.3 cm³/mol. The van der Waals surface area contributed by atoms with Gasteiger partial charge in [-0.2, -0.15) is 0 Å². The molecule has 2 heterocycles. The topological polar surface area (TPSA) is 41.6 Å². The van der Waals surface area contributed by atoms with Crippen LogP contribution < -0.4 is 10.1 Å². The lowest BCUT2D eigenvalue weighted by atomic mass is 9.98. The Morgan fingerprint density at radius 3 is 2.65 bits per heavy atom. The van der Waals surface area contributed by atoms with E-state index in [0.29, 0.717) is 46.9 Å². The van der Waals surface area contributed by atoms with E-state index >= 15 is 0 Å². The van der Waals surface area contributed by atoms with E-state index in [0.717, 1.165) is 12.8 Å². The van der Waals surface area contributed by atoms with Gasteiger partial charge in [-0.3, -0.25) is 4.79 Å². The molecule has 2 bridgehead atoms. The number of carbonyl (C=O) groups is 1. The minimum absolute atomic E-state index is 0.126. The SMILES string of the molecule is CN(C(=O)CCOc1ccc(Cl)cc1Cl)C1CC2CCC(C1)N2. The van der Waals surface area contributed by atoms with E-state index in [9.17, 15) is 4.79 Å². The Morgan fingerprint density at radius 1 is 1.30 bits per heavy atom. The molecule has 1 N–H and O–H groups in total. The Bertz CT molecular complexity index is 570. The number of benzene rings is 1. The molecule has 2 aliphatic rings. The molecule has 3 rings (SSSR count). The molecule has 2 saturated heterocycles. The van der Waals surface area contributed by atoms with Crippen LogP contribution in [0.2, 0.25) is 10.0 Å². The third-order valence-electron chi connectivity index (χ3n) is 4.86. The van der Waals surface area contributed by atoms with Crippen molar-refractivity contribution >= 4 is 29.1 Å². The summed E-state index contributed by atoms with van der Waals surface area (Å²) >= 11 is 11.9. The van der Waals surface area contributed by atoms with Crippen LogP contribution in [0.5, 0.6) is 5.75 Å². The highest BCUT2D eigenvalue weighted by atomic mass is 35.5. The molecule has 1 amide bonds. The zero-order valence-corrected chi connectivity index (χ0v) is 14.7. The highest BCUT2D eigenvalue weighted by Crippen LogP contribution is 2.30. The van der Waals surface area contributed by atoms with E-state index in [1.54, 1.807) is 18.2 Å². The lowest BCUT2D eigenvalue weighted by molar-refractivity contribution is -0.133. The van der Waals surface area contributed by atoms with Gasteiger partial charge in [-0.25, -0.2) is 0 Å². The lowest BCUT2D eigenvalue weighted by Gasteiger charge is -2.35. The monoisotopic (exact) mass is 356 g/mol. The Kier molecular flexibility index (Phi) is 5.34. The first kappa shape index (κ1) is 16.9. The van der Waals surface area contributed by atoms with Crippen molar-refractivity contribution in [3.8, 4) is 5.75 Å². The van der Waals surface area contributed by atoms with Crippen molar-refractivity contribution < 1.29 is 9.53 Å². The number of ether oxygens (including phenoxy) is 1. The van der Waals surface area contributed by atoms with E-state index < -0.39 is 0 Å². The van der Waals surface area contributed by atoms with Crippen LogP contribution in [0, 0.1) is 0 Å². The molecule has 1 aromatic carbocycles. The van der Waals surface area contributed by atoms with E-state index in [4.69, 9.17) is 27.9 Å². The van der Waals surface area contributed by atoms with Crippen molar-refractivity contribution in [3.63, 3.8) is 0 Å². The Hall–Kier alpha value is -0.970. The van der Waals surface area contributed by atoms with Crippen LogP contribution in [0.4, 0.5) is 0 Å². The van der Waals surface area contributed by atoms with Gasteiger partial charge in [-0.15, -0.1) is 0 Å². The van der Waals surface area contributed by atoms with Crippen LogP contribution in [-0.4, -0.2) is 42.6 Å². The molecule has 4 nitrogen and oxygen atoms in total. The average molecular weight is 357 g/mol. The Morgan fingerprint density at radius 2 is 2.00 bits per heavy atom. The van der Waals surface area contributed by atoms with Crippen molar-refractivity contribution in [1.82, 2.24) is 10.2 Å². The van der Waals surface area contributed by atoms with E-state index in [-0.39, 0.29) is 5.91 Å². The minimum Gasteiger partial charge on any atom is -0.491 e. The fraction of sp³-hybridized carbons (Fsp3) is 0.588. The summed E-state index contributed by atoms with van der Waals surface area (Å²) in [6.45, 7) is 0.322. The molecule has 1 aromatic rings. The lowest BCUT2D eigenvalue weighted by Crippen LogP contribution is -2.48. The van der Waals surface area contributed by atoms with E-state index in [1.807, 2.05) is 11.9 Å². The molecule has 126 valence electrons. The number of nitrogens with one attached hydrogen (secondary N) is 1. The maximum absolute atomic E-state index is 12.4. The second kappa shape index (κ2) is 7.29. The third kappa shape index (κ3) is 4.11. The summed E-state index contributed by atoms with van der Waals surface area (Å²) in [5.41, 5.74) is 0. The van der Waals surface area contributed by atoms with Crippen LogP contribution in [0.25, 0.3) is 0 Å². The number of halogens is 2. The summed E-state index contributed by atoms with van der Waals surface area (Å²) in [7, 11) is 1.91. The second-order valence-corrected chi connectivity index (χ2v) is 7.28. The number of hydrogen-bond acceptors (Lipinski definition) is 3. The minimum atomic E-state index is 0.126. The molecule has 2 atom stereocenters. The van der Waals surface area contributed by atoms with Gasteiger partial charge in [-0.05, 0) is 43.9 Å². The Labute approximate surface area is 147 Å². The van der Waals surface area contributed by atoms with Gasteiger partial charge in [0.1, 0.15) is 5.75 Å². The van der Waals surface area contributed by atoms with Gasteiger partial charge in [0.2, 0.25) is 5.91 Å². The molecule has 0 saturated carbocycles. The first-order valence-electron chi connectivity index (χ1n) is 8.12. The molecule has 2 unspecified atom stereocenters. The van der Waals surface area contributed by atoms with E-state index in [2.05, 4.69) is 5.32 Å². The normalized spacial score (nSPS) is 26.1. The maximum Gasteiger partial charge on any atom is 0.225 e. The summed E-state index contributed by atoms with van der Waals surface area (Å²) in [6.07, 6.45) is 4.95. The summed E-state index contributed by atoms with van der Waals surface area (Å²) in [5.74, 6) is 0.688. The van der Waals surface area contributed by atoms with Gasteiger partial charge >= 0.3 is 0 Å². The number of fused-ring (bicyclic) bond motifs is 2. The zero-order chi connectivity index (χ0) is 16.4. The number of carbonyl (C=O) groups excluding carboxylic acids is 1. The van der Waals surface area contributed by atoms with Crippen molar-refractivity contribution in [2.45, 2.75) is 50.2 Å². The van der Waals surface area contributed by atoms with Gasteiger partial charge in [0.25, 0.3) is 0 Å². The number of amides is 1. The van der Waals surface area contributed by atoms with Crippen LogP contribution in [0.1, 0.15) is 32.1 Å². The van der Waals surface area contributed by atoms with Crippen molar-refractivity contribution in [3.05, 3.63) is 28.2 Å². The number of rotatable bonds is 5. The highest BCUT2D eigenvalue weighted by Gasteiger charge is 2.36. The summed E-state index contributed by atoms with van der Waals surface area (Å²) in [5, 5.41) is 4.64. The van der Waals surface area contributed by atoms with Gasteiger partial charge < -0.3 is 15.0 Å². The molecule has 2 fully saturated rings. The zero-order valence-electron chi connectivity index (χ0n) is 13.2. The standard InChI is InChI=1S/C17H22Cl2N2O2/c1-21(14-9-12-3-4-13(10-14)20-12)17(22)6-7-23-16-5-2-11(18)8-15(16)19/h2,5,8,12-14,20H,3-4,6-7,9-10H2,1H3. The highest BCUT2D eigenvalue weighted by molar-refractivity contribution is 6.35. The molecule has 0 radical (unpaired) electrons. The molecule has 23 heavy (non-hydrogen) atoms. The van der Waals surface area contributed by atoms with Gasteiger partial charge in [0.05, 0.1) is 18.1 Å². The van der Waals surface area contributed by atoms with Crippen LogP contribution in [-0.2, 0) is 4.79 Å². The quantitative estimate of drug-likeness (QED) is 0.877. The molecule has 0 spiro atoms. The molecule has 0 aliphatic carbocycles. The fourth-order valence-electron chi connectivity index (χ4n) is 3.56. The Balaban J connectivity index is 1.47. The summed E-state index contributed by atoms with van der Waals surface area (Å²) in [4.78, 5) is 14.3. The number of nitrogens with zero attached hydrogens (tertiary/aromatic N) is 1. The van der Waals surface area contributed by atoms with Crippen LogP contribution >= 0.6 is 23.2 Å². The first-order valence-corrected chi connectivity index (χ1v) is 8.88. The van der Waals surface area contributed by atoms with Crippen LogP contribution in [0.15, 0.2) is 18.2 Å². The summed E-state index contributed by atoms with van der Waals surface area (Å²) in [6, 6.07) is 6.60. The third-order valence-corrected chi connectivity index (χ3v) is 5.39.